The van der Waals surface area contributed by atoms with Crippen LogP contribution in [0.2, 0.25) is 0 Å². The highest BCUT2D eigenvalue weighted by molar-refractivity contribution is 5.77. The van der Waals surface area contributed by atoms with Crippen molar-refractivity contribution in [3.8, 4) is 39.4 Å². The van der Waals surface area contributed by atoms with Crippen LogP contribution in [0.3, 0.4) is 0 Å². The Morgan fingerprint density at radius 1 is 0.667 bits per heavy atom. The quantitative estimate of drug-likeness (QED) is 0.277. The Hall–Kier alpha value is -3.83. The number of nitrogens with zero attached hydrogens (tertiary/aromatic N) is 2. The average Bonchev–Trinajstić information content (AvgIpc) is 2.83. The summed E-state index contributed by atoms with van der Waals surface area (Å²) in [7, 11) is 4.14. The van der Waals surface area contributed by atoms with Crippen LogP contribution in [0.25, 0.3) is 33.6 Å². The van der Waals surface area contributed by atoms with Crippen molar-refractivity contribution in [3.63, 3.8) is 0 Å². The molecule has 0 atom stereocenters. The van der Waals surface area contributed by atoms with Gasteiger partial charge in [0.15, 0.2) is 0 Å². The van der Waals surface area contributed by atoms with Gasteiger partial charge in [-0.1, -0.05) is 36.4 Å². The molecule has 0 aliphatic heterocycles. The molecule has 0 fully saturated rings. The van der Waals surface area contributed by atoms with Crippen LogP contribution in [0.15, 0.2) is 84.9 Å². The molecule has 0 aliphatic carbocycles. The highest BCUT2D eigenvalue weighted by Gasteiger charge is 2.09. The van der Waals surface area contributed by atoms with Gasteiger partial charge in [-0.25, -0.2) is 4.98 Å². The van der Waals surface area contributed by atoms with Crippen molar-refractivity contribution in [1.29, 1.82) is 0 Å². The van der Waals surface area contributed by atoms with Gasteiger partial charge in [0.2, 0.25) is 0 Å². The van der Waals surface area contributed by atoms with Crippen molar-refractivity contribution in [2.75, 3.05) is 38.7 Å². The lowest BCUT2D eigenvalue weighted by atomic mass is 9.99. The summed E-state index contributed by atoms with van der Waals surface area (Å²) in [5.74, 6) is 0.879. The maximum absolute atomic E-state index is 5.89. The number of aromatic nitrogens is 1. The van der Waals surface area contributed by atoms with E-state index in [1.165, 1.54) is 0 Å². The summed E-state index contributed by atoms with van der Waals surface area (Å²) in [6.45, 7) is 1.71. The van der Waals surface area contributed by atoms with E-state index in [9.17, 15) is 0 Å². The number of nitrogen functional groups attached to an aromatic ring is 2. The molecule has 5 heteroatoms. The number of pyridine rings is 1. The predicted molar refractivity (Wildman–Crippen MR) is 138 cm³/mol. The van der Waals surface area contributed by atoms with Crippen LogP contribution >= 0.6 is 0 Å². The van der Waals surface area contributed by atoms with E-state index in [-0.39, 0.29) is 0 Å². The van der Waals surface area contributed by atoms with E-state index in [4.69, 9.17) is 21.2 Å². The van der Waals surface area contributed by atoms with Crippen LogP contribution < -0.4 is 16.2 Å². The third kappa shape index (κ3) is 5.90. The zero-order valence-corrected chi connectivity index (χ0v) is 19.2. The number of anilines is 2. The Bertz CT molecular complexity index is 1120. The Labute approximate surface area is 195 Å². The molecule has 168 valence electrons. The molecular formula is C28H30N4O. The Kier molecular flexibility index (Phi) is 6.91. The van der Waals surface area contributed by atoms with E-state index in [0.29, 0.717) is 6.61 Å². The number of ether oxygens (including phenoxy) is 1. The lowest BCUT2D eigenvalue weighted by Gasteiger charge is -2.12. The zero-order valence-electron chi connectivity index (χ0n) is 19.2. The summed E-state index contributed by atoms with van der Waals surface area (Å²) in [5.41, 5.74) is 19.2. The topological polar surface area (TPSA) is 77.4 Å². The first-order chi connectivity index (χ1) is 16.0. The maximum Gasteiger partial charge on any atom is 0.119 e. The van der Waals surface area contributed by atoms with Crippen molar-refractivity contribution < 1.29 is 4.74 Å². The average molecular weight is 439 g/mol. The van der Waals surface area contributed by atoms with Gasteiger partial charge in [-0.3, -0.25) is 0 Å². The maximum atomic E-state index is 5.89. The molecule has 4 N–H and O–H groups in total. The second-order valence-electron chi connectivity index (χ2n) is 8.40. The summed E-state index contributed by atoms with van der Waals surface area (Å²) in [4.78, 5) is 7.09. The van der Waals surface area contributed by atoms with E-state index in [1.54, 1.807) is 0 Å². The minimum Gasteiger partial charge on any atom is -0.494 e. The second kappa shape index (κ2) is 10.2. The first-order valence-corrected chi connectivity index (χ1v) is 11.1. The molecule has 0 aliphatic rings. The van der Waals surface area contributed by atoms with Crippen molar-refractivity contribution in [2.45, 2.75) is 6.42 Å². The number of rotatable bonds is 8. The minimum absolute atomic E-state index is 0.704. The lowest BCUT2D eigenvalue weighted by molar-refractivity contribution is 0.281. The summed E-state index contributed by atoms with van der Waals surface area (Å²) in [6.07, 6.45) is 0.995. The van der Waals surface area contributed by atoms with Gasteiger partial charge < -0.3 is 21.1 Å². The minimum atomic E-state index is 0.704. The smallest absolute Gasteiger partial charge is 0.119 e. The fourth-order valence-corrected chi connectivity index (χ4v) is 3.62. The van der Waals surface area contributed by atoms with Crippen LogP contribution in [-0.4, -0.2) is 37.1 Å². The largest absolute Gasteiger partial charge is 0.494 e. The fourth-order valence-electron chi connectivity index (χ4n) is 3.62. The van der Waals surface area contributed by atoms with E-state index in [2.05, 4.69) is 43.3 Å². The Morgan fingerprint density at radius 2 is 1.15 bits per heavy atom. The molecule has 0 amide bonds. The monoisotopic (exact) mass is 438 g/mol. The number of nitrogens with two attached hydrogens (primary N) is 2. The summed E-state index contributed by atoms with van der Waals surface area (Å²) < 4.78 is 5.89. The van der Waals surface area contributed by atoms with Crippen LogP contribution in [0.1, 0.15) is 6.42 Å². The zero-order chi connectivity index (χ0) is 23.2. The Morgan fingerprint density at radius 3 is 1.64 bits per heavy atom. The SMILES string of the molecule is CN(C)CCCOc1ccc(-c2cc(-c3ccc(N)cc3)nc(-c3ccc(N)cc3)c2)cc1. The molecule has 0 saturated heterocycles. The summed E-state index contributed by atoms with van der Waals surface area (Å²) in [5, 5.41) is 0. The van der Waals surface area contributed by atoms with E-state index in [1.807, 2.05) is 60.7 Å². The first-order valence-electron chi connectivity index (χ1n) is 11.1. The van der Waals surface area contributed by atoms with Crippen molar-refractivity contribution in [1.82, 2.24) is 9.88 Å². The standard InChI is InChI=1S/C28H30N4O/c1-32(2)16-3-17-33-26-14-8-20(9-15-26)23-18-27(21-4-10-24(29)11-5-21)31-28(19-23)22-6-12-25(30)13-7-22/h4-15,18-19H,3,16-17,29-30H2,1-2H3. The number of benzene rings is 3. The molecule has 1 aromatic heterocycles. The molecule has 0 unspecified atom stereocenters. The van der Waals surface area contributed by atoms with Crippen LogP contribution in [0.5, 0.6) is 5.75 Å². The summed E-state index contributed by atoms with van der Waals surface area (Å²) in [6, 6.07) is 28.0. The third-order valence-electron chi connectivity index (χ3n) is 5.44. The number of hydrogen-bond acceptors (Lipinski definition) is 5. The van der Waals surface area contributed by atoms with Crippen molar-refractivity contribution in [2.24, 2.45) is 0 Å². The molecule has 5 nitrogen and oxygen atoms in total. The van der Waals surface area contributed by atoms with Crippen molar-refractivity contribution >= 4 is 11.4 Å². The molecule has 0 radical (unpaired) electrons. The molecule has 33 heavy (non-hydrogen) atoms. The molecule has 0 saturated carbocycles. The molecule has 3 aromatic carbocycles. The van der Waals surface area contributed by atoms with E-state index in [0.717, 1.165) is 63.7 Å². The molecule has 0 spiro atoms. The molecule has 4 aromatic rings. The van der Waals surface area contributed by atoms with Crippen LogP contribution in [0.4, 0.5) is 11.4 Å². The van der Waals surface area contributed by atoms with Gasteiger partial charge in [-0.15, -0.1) is 0 Å². The third-order valence-corrected chi connectivity index (χ3v) is 5.44. The summed E-state index contributed by atoms with van der Waals surface area (Å²) >= 11 is 0. The van der Waals surface area contributed by atoms with Gasteiger partial charge in [0.05, 0.1) is 18.0 Å². The van der Waals surface area contributed by atoms with Crippen LogP contribution in [-0.2, 0) is 0 Å². The van der Waals surface area contributed by atoms with Crippen molar-refractivity contribution in [3.05, 3.63) is 84.9 Å². The van der Waals surface area contributed by atoms with Gasteiger partial charge in [0.1, 0.15) is 5.75 Å². The second-order valence-corrected chi connectivity index (χ2v) is 8.40. The highest BCUT2D eigenvalue weighted by atomic mass is 16.5. The molecule has 0 bridgehead atoms. The van der Waals surface area contributed by atoms with Gasteiger partial charge in [-0.05, 0) is 80.2 Å². The molecule has 4 rings (SSSR count). The fraction of sp³-hybridized carbons (Fsp3) is 0.179. The normalized spacial score (nSPS) is 11.0. The van der Waals surface area contributed by atoms with Crippen LogP contribution in [0, 0.1) is 0 Å². The Balaban J connectivity index is 1.65. The highest BCUT2D eigenvalue weighted by Crippen LogP contribution is 2.31. The van der Waals surface area contributed by atoms with E-state index >= 15 is 0 Å². The van der Waals surface area contributed by atoms with E-state index < -0.39 is 0 Å². The predicted octanol–water partition coefficient (Wildman–Crippen LogP) is 5.58. The van der Waals surface area contributed by atoms with Gasteiger partial charge in [0.25, 0.3) is 0 Å². The van der Waals surface area contributed by atoms with Gasteiger partial charge >= 0.3 is 0 Å². The lowest BCUT2D eigenvalue weighted by Crippen LogP contribution is -2.15. The first kappa shape index (κ1) is 22.4. The van der Waals surface area contributed by atoms with Gasteiger partial charge in [-0.2, -0.15) is 0 Å². The molecule has 1 heterocycles. The number of hydrogen-bond donors (Lipinski definition) is 2. The molecular weight excluding hydrogens is 408 g/mol. The van der Waals surface area contributed by atoms with Gasteiger partial charge in [0, 0.05) is 29.0 Å².